The van der Waals surface area contributed by atoms with E-state index in [0.717, 1.165) is 49.3 Å². The Balaban J connectivity index is 1.58. The first-order valence-corrected chi connectivity index (χ1v) is 9.23. The van der Waals surface area contributed by atoms with Crippen LogP contribution in [-0.4, -0.2) is 31.8 Å². The SMILES string of the molecule is Cn1ncc(-c2cc(=O)[nH]c(NC3CCC(N)CC3)n2)c1CC1CC1. The van der Waals surface area contributed by atoms with Crippen LogP contribution in [0.4, 0.5) is 5.95 Å². The Morgan fingerprint density at radius 1 is 1.28 bits per heavy atom. The molecular formula is C18H26N6O. The van der Waals surface area contributed by atoms with Gasteiger partial charge in [-0.3, -0.25) is 14.5 Å². The van der Waals surface area contributed by atoms with Gasteiger partial charge in [0.25, 0.3) is 5.56 Å². The molecule has 2 fully saturated rings. The normalized spacial score (nSPS) is 23.6. The van der Waals surface area contributed by atoms with Gasteiger partial charge < -0.3 is 11.1 Å². The highest BCUT2D eigenvalue weighted by molar-refractivity contribution is 5.62. The molecule has 0 aromatic carbocycles. The van der Waals surface area contributed by atoms with Gasteiger partial charge in [0.05, 0.1) is 11.9 Å². The smallest absolute Gasteiger partial charge is 0.252 e. The van der Waals surface area contributed by atoms with Crippen molar-refractivity contribution in [2.45, 2.75) is 57.0 Å². The summed E-state index contributed by atoms with van der Waals surface area (Å²) in [6.45, 7) is 0. The van der Waals surface area contributed by atoms with Gasteiger partial charge >= 0.3 is 0 Å². The summed E-state index contributed by atoms with van der Waals surface area (Å²) in [7, 11) is 1.96. The minimum Gasteiger partial charge on any atom is -0.353 e. The summed E-state index contributed by atoms with van der Waals surface area (Å²) >= 11 is 0. The van der Waals surface area contributed by atoms with E-state index < -0.39 is 0 Å². The third-order valence-electron chi connectivity index (χ3n) is 5.37. The molecule has 134 valence electrons. The molecule has 2 saturated carbocycles. The van der Waals surface area contributed by atoms with Crippen molar-refractivity contribution >= 4 is 5.95 Å². The van der Waals surface area contributed by atoms with Crippen molar-refractivity contribution in [2.24, 2.45) is 18.7 Å². The molecule has 2 heterocycles. The Hall–Kier alpha value is -2.15. The molecule has 0 spiro atoms. The van der Waals surface area contributed by atoms with E-state index >= 15 is 0 Å². The summed E-state index contributed by atoms with van der Waals surface area (Å²) < 4.78 is 1.91. The lowest BCUT2D eigenvalue weighted by Gasteiger charge is -2.27. The summed E-state index contributed by atoms with van der Waals surface area (Å²) in [6.07, 6.45) is 9.43. The minimum atomic E-state index is -0.138. The van der Waals surface area contributed by atoms with Gasteiger partial charge in [-0.15, -0.1) is 0 Å². The molecule has 0 saturated heterocycles. The number of rotatable bonds is 5. The molecule has 2 aliphatic rings. The minimum absolute atomic E-state index is 0.138. The Kier molecular flexibility index (Phi) is 4.33. The first-order valence-electron chi connectivity index (χ1n) is 9.23. The number of nitrogens with one attached hydrogen (secondary N) is 2. The predicted molar refractivity (Wildman–Crippen MR) is 97.3 cm³/mol. The summed E-state index contributed by atoms with van der Waals surface area (Å²) in [5.41, 5.74) is 8.66. The number of nitrogens with two attached hydrogens (primary N) is 1. The highest BCUT2D eigenvalue weighted by atomic mass is 16.1. The monoisotopic (exact) mass is 342 g/mol. The maximum atomic E-state index is 12.1. The first-order chi connectivity index (χ1) is 12.1. The summed E-state index contributed by atoms with van der Waals surface area (Å²) in [5.74, 6) is 1.30. The van der Waals surface area contributed by atoms with Crippen molar-refractivity contribution in [3.63, 3.8) is 0 Å². The quantitative estimate of drug-likeness (QED) is 0.769. The van der Waals surface area contributed by atoms with E-state index in [1.54, 1.807) is 6.07 Å². The Bertz CT molecular complexity index is 798. The van der Waals surface area contributed by atoms with Gasteiger partial charge in [-0.25, -0.2) is 4.98 Å². The molecule has 7 nitrogen and oxygen atoms in total. The van der Waals surface area contributed by atoms with Gasteiger partial charge in [0, 0.05) is 36.5 Å². The third-order valence-corrected chi connectivity index (χ3v) is 5.37. The number of hydrogen-bond donors (Lipinski definition) is 3. The summed E-state index contributed by atoms with van der Waals surface area (Å²) in [6, 6.07) is 2.19. The van der Waals surface area contributed by atoms with Crippen molar-refractivity contribution < 1.29 is 0 Å². The molecule has 2 aromatic heterocycles. The fourth-order valence-corrected chi connectivity index (χ4v) is 3.64. The summed E-state index contributed by atoms with van der Waals surface area (Å²) in [5, 5.41) is 7.77. The van der Waals surface area contributed by atoms with Crippen LogP contribution in [0, 0.1) is 5.92 Å². The van der Waals surface area contributed by atoms with E-state index in [1.807, 2.05) is 17.9 Å². The molecule has 7 heteroatoms. The molecule has 0 atom stereocenters. The van der Waals surface area contributed by atoms with Crippen LogP contribution in [0.2, 0.25) is 0 Å². The van der Waals surface area contributed by atoms with Crippen LogP contribution in [0.1, 0.15) is 44.2 Å². The van der Waals surface area contributed by atoms with E-state index in [9.17, 15) is 4.79 Å². The van der Waals surface area contributed by atoms with Gasteiger partial charge in [-0.05, 0) is 50.9 Å². The second kappa shape index (κ2) is 6.63. The van der Waals surface area contributed by atoms with Gasteiger partial charge in [-0.1, -0.05) is 0 Å². The molecule has 25 heavy (non-hydrogen) atoms. The van der Waals surface area contributed by atoms with Crippen molar-refractivity contribution in [1.29, 1.82) is 0 Å². The molecule has 2 aliphatic carbocycles. The maximum Gasteiger partial charge on any atom is 0.252 e. The number of nitrogens with zero attached hydrogens (tertiary/aromatic N) is 3. The Labute approximate surface area is 147 Å². The van der Waals surface area contributed by atoms with Crippen LogP contribution in [-0.2, 0) is 13.5 Å². The van der Waals surface area contributed by atoms with Crippen molar-refractivity contribution in [3.8, 4) is 11.3 Å². The van der Waals surface area contributed by atoms with E-state index in [0.29, 0.717) is 23.7 Å². The molecule has 0 bridgehead atoms. The lowest BCUT2D eigenvalue weighted by molar-refractivity contribution is 0.410. The third kappa shape index (κ3) is 3.76. The highest BCUT2D eigenvalue weighted by Crippen LogP contribution is 2.35. The first kappa shape index (κ1) is 16.3. The summed E-state index contributed by atoms with van der Waals surface area (Å²) in [4.78, 5) is 19.6. The fraction of sp³-hybridized carbons (Fsp3) is 0.611. The maximum absolute atomic E-state index is 12.1. The number of anilines is 1. The molecule has 0 radical (unpaired) electrons. The lowest BCUT2D eigenvalue weighted by Crippen LogP contribution is -2.33. The van der Waals surface area contributed by atoms with Gasteiger partial charge in [0.2, 0.25) is 5.95 Å². The second-order valence-electron chi connectivity index (χ2n) is 7.51. The standard InChI is InChI=1S/C18H26N6O/c1-24-16(8-11-2-3-11)14(10-20-24)15-9-17(25)23-18(22-15)21-13-6-4-12(19)5-7-13/h9-13H,2-8,19H2,1H3,(H2,21,22,23,25). The molecule has 0 unspecified atom stereocenters. The van der Waals surface area contributed by atoms with Crippen molar-refractivity contribution in [2.75, 3.05) is 5.32 Å². The Morgan fingerprint density at radius 3 is 2.76 bits per heavy atom. The zero-order valence-corrected chi connectivity index (χ0v) is 14.7. The van der Waals surface area contributed by atoms with Crippen LogP contribution < -0.4 is 16.6 Å². The van der Waals surface area contributed by atoms with E-state index in [2.05, 4.69) is 20.4 Å². The van der Waals surface area contributed by atoms with Crippen LogP contribution in [0.3, 0.4) is 0 Å². The Morgan fingerprint density at radius 2 is 2.04 bits per heavy atom. The van der Waals surface area contributed by atoms with Crippen LogP contribution >= 0.6 is 0 Å². The van der Waals surface area contributed by atoms with Crippen LogP contribution in [0.15, 0.2) is 17.1 Å². The van der Waals surface area contributed by atoms with Crippen LogP contribution in [0.5, 0.6) is 0 Å². The second-order valence-corrected chi connectivity index (χ2v) is 7.51. The largest absolute Gasteiger partial charge is 0.353 e. The van der Waals surface area contributed by atoms with Gasteiger partial charge in [0.15, 0.2) is 0 Å². The number of aromatic amines is 1. The molecule has 0 amide bonds. The predicted octanol–water partition coefficient (Wildman–Crippen LogP) is 1.80. The topological polar surface area (TPSA) is 102 Å². The number of aryl methyl sites for hydroxylation is 1. The van der Waals surface area contributed by atoms with Gasteiger partial charge in [-0.2, -0.15) is 5.10 Å². The van der Waals surface area contributed by atoms with E-state index in [-0.39, 0.29) is 5.56 Å². The van der Waals surface area contributed by atoms with Gasteiger partial charge in [0.1, 0.15) is 0 Å². The average Bonchev–Trinajstić information content (AvgIpc) is 3.32. The van der Waals surface area contributed by atoms with E-state index in [1.165, 1.54) is 12.8 Å². The molecule has 4 N–H and O–H groups in total. The molecular weight excluding hydrogens is 316 g/mol. The van der Waals surface area contributed by atoms with Crippen molar-refractivity contribution in [3.05, 3.63) is 28.3 Å². The number of aromatic nitrogens is 4. The van der Waals surface area contributed by atoms with Crippen LogP contribution in [0.25, 0.3) is 11.3 Å². The molecule has 2 aromatic rings. The molecule has 0 aliphatic heterocycles. The number of H-pyrrole nitrogens is 1. The highest BCUT2D eigenvalue weighted by Gasteiger charge is 2.25. The number of hydrogen-bond acceptors (Lipinski definition) is 5. The fourth-order valence-electron chi connectivity index (χ4n) is 3.64. The van der Waals surface area contributed by atoms with Crippen molar-refractivity contribution in [1.82, 2.24) is 19.7 Å². The zero-order valence-electron chi connectivity index (χ0n) is 14.7. The molecule has 4 rings (SSSR count). The zero-order chi connectivity index (χ0) is 17.4. The average molecular weight is 342 g/mol. The lowest BCUT2D eigenvalue weighted by atomic mass is 9.92. The van der Waals surface area contributed by atoms with E-state index in [4.69, 9.17) is 5.73 Å².